The first kappa shape index (κ1) is 66.6. The zero-order valence-corrected chi connectivity index (χ0v) is 45.7. The predicted molar refractivity (Wildman–Crippen MR) is 306 cm³/mol. The van der Waals surface area contributed by atoms with Crippen molar-refractivity contribution in [2.24, 2.45) is 0 Å². The number of hydrogen-bond donors (Lipinski definition) is 1. The van der Waals surface area contributed by atoms with Crippen LogP contribution in [0.1, 0.15) is 271 Å². The molecule has 0 saturated heterocycles. The maximum atomic E-state index is 12.3. The van der Waals surface area contributed by atoms with Crippen molar-refractivity contribution in [3.8, 4) is 0 Å². The Bertz CT molecular complexity index is 1380. The average molecular weight is 972 g/mol. The lowest BCUT2D eigenvalue weighted by molar-refractivity contribution is -0.161. The van der Waals surface area contributed by atoms with E-state index in [4.69, 9.17) is 9.47 Å². The second kappa shape index (κ2) is 59.9. The average Bonchev–Trinajstić information content (AvgIpc) is 3.36. The third-order valence-corrected chi connectivity index (χ3v) is 12.6. The third kappa shape index (κ3) is 57.1. The summed E-state index contributed by atoms with van der Waals surface area (Å²) in [6.45, 7) is 4.03. The van der Waals surface area contributed by atoms with Gasteiger partial charge in [0, 0.05) is 12.8 Å². The molecule has 0 spiro atoms. The molecule has 0 radical (unpaired) electrons. The molecule has 1 N–H and O–H groups in total. The summed E-state index contributed by atoms with van der Waals surface area (Å²) in [4.78, 5) is 24.5. The number of aliphatic hydroxyl groups excluding tert-OH is 1. The molecule has 400 valence electrons. The molecule has 0 aliphatic heterocycles. The van der Waals surface area contributed by atoms with Crippen LogP contribution in [0.15, 0.2) is 109 Å². The lowest BCUT2D eigenvalue weighted by atomic mass is 10.0. The standard InChI is InChI=1S/C65H110O5/c1-3-5-7-9-11-13-15-17-19-21-23-25-27-28-29-30-31-32-33-34-35-36-38-40-42-44-46-48-50-52-54-56-58-60-65(68)70-63(61-66)62-69-64(67)59-57-55-53-51-49-47-45-43-41-39-37-26-24-22-20-18-16-14-12-10-8-6-4-2/h5,7,11,13,17,19,23,25,28-29,31-32,34-35,38,40,44,46,63,66H,3-4,6,8-10,12,14-16,18,20-22,24,26-27,30,33,36-37,39,41-43,45,47-62H2,1-2H3/b7-5-,13-11-,19-17-,25-23-,29-28-,32-31-,35-34-,40-38-,46-44-. The molecule has 0 fully saturated rings. The molecule has 0 aromatic carbocycles. The van der Waals surface area contributed by atoms with Gasteiger partial charge < -0.3 is 14.6 Å². The Morgan fingerprint density at radius 1 is 0.343 bits per heavy atom. The summed E-state index contributed by atoms with van der Waals surface area (Å²) in [6, 6.07) is 0. The molecule has 0 aliphatic carbocycles. The summed E-state index contributed by atoms with van der Waals surface area (Å²) < 4.78 is 10.7. The first-order valence-electron chi connectivity index (χ1n) is 29.4. The van der Waals surface area contributed by atoms with Crippen LogP contribution in [0, 0.1) is 0 Å². The SMILES string of the molecule is CC/C=C\C/C=C\C/C=C\C/C=C\C/C=C\C/C=C\C/C=C\C/C=C\C/C=C\CCCCCCCC(=O)OC(CO)COC(=O)CCCCCCCCCCCCCCCCCCCCCCCCC. The number of rotatable bonds is 53. The molecule has 0 saturated carbocycles. The van der Waals surface area contributed by atoms with E-state index >= 15 is 0 Å². The summed E-state index contributed by atoms with van der Waals surface area (Å²) in [5, 5.41) is 9.66. The summed E-state index contributed by atoms with van der Waals surface area (Å²) in [6.07, 6.45) is 86.3. The Kier molecular flexibility index (Phi) is 56.9. The van der Waals surface area contributed by atoms with Crippen molar-refractivity contribution in [3.63, 3.8) is 0 Å². The van der Waals surface area contributed by atoms with E-state index in [0.717, 1.165) is 116 Å². The van der Waals surface area contributed by atoms with E-state index in [0.29, 0.717) is 12.8 Å². The molecule has 0 rings (SSSR count). The van der Waals surface area contributed by atoms with Gasteiger partial charge in [-0.05, 0) is 83.5 Å². The van der Waals surface area contributed by atoms with E-state index in [1.807, 2.05) is 0 Å². The molecular weight excluding hydrogens is 861 g/mol. The molecule has 0 aliphatic rings. The molecule has 0 bridgehead atoms. The third-order valence-electron chi connectivity index (χ3n) is 12.6. The summed E-state index contributed by atoms with van der Waals surface area (Å²) in [7, 11) is 0. The van der Waals surface area contributed by atoms with Crippen LogP contribution in [-0.2, 0) is 19.1 Å². The minimum Gasteiger partial charge on any atom is -0.462 e. The predicted octanol–water partition coefficient (Wildman–Crippen LogP) is 20.1. The quantitative estimate of drug-likeness (QED) is 0.0373. The van der Waals surface area contributed by atoms with E-state index in [2.05, 4.69) is 123 Å². The van der Waals surface area contributed by atoms with E-state index in [1.165, 1.54) is 128 Å². The van der Waals surface area contributed by atoms with Crippen molar-refractivity contribution in [2.45, 2.75) is 277 Å². The lowest BCUT2D eigenvalue weighted by Crippen LogP contribution is -2.28. The number of carbonyl (C=O) groups is 2. The van der Waals surface area contributed by atoms with Gasteiger partial charge in [0.25, 0.3) is 0 Å². The Labute approximate surface area is 433 Å². The Morgan fingerprint density at radius 2 is 0.614 bits per heavy atom. The van der Waals surface area contributed by atoms with Crippen LogP contribution in [0.4, 0.5) is 0 Å². The number of esters is 2. The highest BCUT2D eigenvalue weighted by atomic mass is 16.6. The van der Waals surface area contributed by atoms with Crippen molar-refractivity contribution < 1.29 is 24.2 Å². The zero-order valence-electron chi connectivity index (χ0n) is 45.7. The molecular formula is C65H110O5. The Hall–Kier alpha value is -3.44. The van der Waals surface area contributed by atoms with Gasteiger partial charge in [-0.1, -0.05) is 284 Å². The van der Waals surface area contributed by atoms with Gasteiger partial charge >= 0.3 is 11.9 Å². The summed E-state index contributed by atoms with van der Waals surface area (Å²) in [5.41, 5.74) is 0. The molecule has 1 atom stereocenters. The molecule has 5 nitrogen and oxygen atoms in total. The second-order valence-electron chi connectivity index (χ2n) is 19.3. The highest BCUT2D eigenvalue weighted by Crippen LogP contribution is 2.16. The van der Waals surface area contributed by atoms with Crippen LogP contribution < -0.4 is 0 Å². The summed E-state index contributed by atoms with van der Waals surface area (Å²) >= 11 is 0. The van der Waals surface area contributed by atoms with Crippen LogP contribution in [0.3, 0.4) is 0 Å². The van der Waals surface area contributed by atoms with Crippen molar-refractivity contribution in [3.05, 3.63) is 109 Å². The van der Waals surface area contributed by atoms with Crippen molar-refractivity contribution in [1.29, 1.82) is 0 Å². The van der Waals surface area contributed by atoms with Gasteiger partial charge in [-0.15, -0.1) is 0 Å². The molecule has 0 amide bonds. The van der Waals surface area contributed by atoms with Gasteiger partial charge in [0.2, 0.25) is 0 Å². The first-order valence-corrected chi connectivity index (χ1v) is 29.4. The molecule has 0 aromatic heterocycles. The van der Waals surface area contributed by atoms with Crippen LogP contribution in [0.5, 0.6) is 0 Å². The van der Waals surface area contributed by atoms with E-state index in [1.54, 1.807) is 0 Å². The van der Waals surface area contributed by atoms with Crippen molar-refractivity contribution >= 4 is 11.9 Å². The maximum absolute atomic E-state index is 12.3. The number of ether oxygens (including phenoxy) is 2. The molecule has 1 unspecified atom stereocenters. The number of allylic oxidation sites excluding steroid dienone is 18. The Morgan fingerprint density at radius 3 is 0.929 bits per heavy atom. The fraction of sp³-hybridized carbons (Fsp3) is 0.692. The molecule has 0 heterocycles. The largest absolute Gasteiger partial charge is 0.462 e. The smallest absolute Gasteiger partial charge is 0.306 e. The van der Waals surface area contributed by atoms with Crippen LogP contribution >= 0.6 is 0 Å². The Balaban J connectivity index is 3.58. The fourth-order valence-corrected chi connectivity index (χ4v) is 8.20. The minimum atomic E-state index is -0.789. The number of hydrogen-bond acceptors (Lipinski definition) is 5. The normalized spacial score (nSPS) is 13.0. The van der Waals surface area contributed by atoms with Gasteiger partial charge in [0.1, 0.15) is 6.61 Å². The van der Waals surface area contributed by atoms with E-state index < -0.39 is 6.10 Å². The lowest BCUT2D eigenvalue weighted by Gasteiger charge is -2.15. The maximum Gasteiger partial charge on any atom is 0.306 e. The first-order chi connectivity index (χ1) is 34.6. The highest BCUT2D eigenvalue weighted by molar-refractivity contribution is 5.70. The van der Waals surface area contributed by atoms with Gasteiger partial charge in [-0.25, -0.2) is 0 Å². The molecule has 70 heavy (non-hydrogen) atoms. The van der Waals surface area contributed by atoms with Crippen LogP contribution in [-0.4, -0.2) is 36.4 Å². The summed E-state index contributed by atoms with van der Waals surface area (Å²) in [5.74, 6) is -0.609. The number of aliphatic hydroxyl groups is 1. The fourth-order valence-electron chi connectivity index (χ4n) is 8.20. The second-order valence-corrected chi connectivity index (χ2v) is 19.3. The van der Waals surface area contributed by atoms with Crippen molar-refractivity contribution in [1.82, 2.24) is 0 Å². The highest BCUT2D eigenvalue weighted by Gasteiger charge is 2.16. The van der Waals surface area contributed by atoms with Crippen LogP contribution in [0.2, 0.25) is 0 Å². The zero-order chi connectivity index (χ0) is 50.6. The number of unbranched alkanes of at least 4 members (excludes halogenated alkanes) is 27. The minimum absolute atomic E-state index is 0.0769. The van der Waals surface area contributed by atoms with Crippen molar-refractivity contribution in [2.75, 3.05) is 13.2 Å². The van der Waals surface area contributed by atoms with E-state index in [9.17, 15) is 14.7 Å². The topological polar surface area (TPSA) is 72.8 Å². The van der Waals surface area contributed by atoms with Gasteiger partial charge in [0.15, 0.2) is 6.10 Å². The monoisotopic (exact) mass is 971 g/mol. The van der Waals surface area contributed by atoms with E-state index in [-0.39, 0.29) is 25.2 Å². The number of carbonyl (C=O) groups excluding carboxylic acids is 2. The molecule has 0 aromatic rings. The van der Waals surface area contributed by atoms with Gasteiger partial charge in [-0.3, -0.25) is 9.59 Å². The molecule has 5 heteroatoms. The van der Waals surface area contributed by atoms with Gasteiger partial charge in [0.05, 0.1) is 6.61 Å². The van der Waals surface area contributed by atoms with Gasteiger partial charge in [-0.2, -0.15) is 0 Å². The van der Waals surface area contributed by atoms with Crippen LogP contribution in [0.25, 0.3) is 0 Å².